The van der Waals surface area contributed by atoms with Crippen molar-refractivity contribution < 1.29 is 14.8 Å². The van der Waals surface area contributed by atoms with Gasteiger partial charge in [-0.05, 0) is 18.6 Å². The molecule has 1 aliphatic heterocycles. The number of morpholine rings is 1. The Balaban J connectivity index is 2.29. The van der Waals surface area contributed by atoms with Crippen LogP contribution in [0.1, 0.15) is 5.56 Å². The number of nitro groups is 1. The van der Waals surface area contributed by atoms with E-state index in [4.69, 9.17) is 4.74 Å². The fourth-order valence-electron chi connectivity index (χ4n) is 2.20. The van der Waals surface area contributed by atoms with Gasteiger partial charge in [0, 0.05) is 24.4 Å². The second-order valence-electron chi connectivity index (χ2n) is 4.33. The molecule has 0 bridgehead atoms. The van der Waals surface area contributed by atoms with E-state index in [0.717, 1.165) is 11.3 Å². The third-order valence-corrected chi connectivity index (χ3v) is 3.14. The first kappa shape index (κ1) is 12.8. The minimum absolute atomic E-state index is 0.0103. The van der Waals surface area contributed by atoms with Gasteiger partial charge in [-0.15, -0.1) is 0 Å². The average molecular weight is 252 g/mol. The van der Waals surface area contributed by atoms with Gasteiger partial charge in [-0.3, -0.25) is 10.1 Å². The molecule has 0 spiro atoms. The maximum atomic E-state index is 10.7. The van der Waals surface area contributed by atoms with E-state index in [2.05, 4.69) is 0 Å². The van der Waals surface area contributed by atoms with Crippen molar-refractivity contribution in [1.29, 1.82) is 0 Å². The third-order valence-electron chi connectivity index (χ3n) is 3.14. The van der Waals surface area contributed by atoms with E-state index in [0.29, 0.717) is 19.8 Å². The quantitative estimate of drug-likeness (QED) is 0.644. The number of nitro benzene ring substituents is 1. The molecular formula is C12H16N2O4. The Morgan fingerprint density at radius 1 is 1.61 bits per heavy atom. The molecule has 1 N–H and O–H groups in total. The summed E-state index contributed by atoms with van der Waals surface area (Å²) in [5.41, 5.74) is 1.84. The lowest BCUT2D eigenvalue weighted by atomic mass is 10.1. The molecule has 1 aliphatic rings. The highest BCUT2D eigenvalue weighted by Crippen LogP contribution is 2.27. The zero-order valence-corrected chi connectivity index (χ0v) is 10.2. The fourth-order valence-corrected chi connectivity index (χ4v) is 2.20. The van der Waals surface area contributed by atoms with Gasteiger partial charge in [0.1, 0.15) is 0 Å². The van der Waals surface area contributed by atoms with Crippen molar-refractivity contribution in [2.24, 2.45) is 0 Å². The summed E-state index contributed by atoms with van der Waals surface area (Å²) in [6.07, 6.45) is 0. The van der Waals surface area contributed by atoms with Crippen LogP contribution in [-0.4, -0.2) is 42.4 Å². The van der Waals surface area contributed by atoms with E-state index in [-0.39, 0.29) is 18.3 Å². The monoisotopic (exact) mass is 252 g/mol. The highest BCUT2D eigenvalue weighted by atomic mass is 16.6. The molecule has 6 nitrogen and oxygen atoms in total. The predicted octanol–water partition coefficient (Wildman–Crippen LogP) is 1.10. The second kappa shape index (κ2) is 5.32. The lowest BCUT2D eigenvalue weighted by Crippen LogP contribution is -2.47. The summed E-state index contributed by atoms with van der Waals surface area (Å²) in [6.45, 7) is 3.62. The molecule has 1 saturated heterocycles. The summed E-state index contributed by atoms with van der Waals surface area (Å²) in [7, 11) is 0. The van der Waals surface area contributed by atoms with Crippen LogP contribution in [0.15, 0.2) is 18.2 Å². The molecule has 18 heavy (non-hydrogen) atoms. The number of benzene rings is 1. The van der Waals surface area contributed by atoms with Gasteiger partial charge < -0.3 is 14.7 Å². The number of aliphatic hydroxyl groups is 1. The average Bonchev–Trinajstić information content (AvgIpc) is 2.38. The van der Waals surface area contributed by atoms with Gasteiger partial charge in [0.25, 0.3) is 5.69 Å². The molecule has 0 saturated carbocycles. The van der Waals surface area contributed by atoms with Crippen LogP contribution < -0.4 is 4.90 Å². The van der Waals surface area contributed by atoms with Crippen molar-refractivity contribution in [3.05, 3.63) is 33.9 Å². The number of hydrogen-bond donors (Lipinski definition) is 1. The maximum Gasteiger partial charge on any atom is 0.269 e. The molecule has 1 heterocycles. The molecule has 1 fully saturated rings. The zero-order chi connectivity index (χ0) is 13.1. The Labute approximate surface area is 105 Å². The smallest absolute Gasteiger partial charge is 0.269 e. The molecule has 1 aromatic carbocycles. The topological polar surface area (TPSA) is 75.8 Å². The first-order chi connectivity index (χ1) is 8.63. The van der Waals surface area contributed by atoms with Crippen molar-refractivity contribution in [2.45, 2.75) is 13.0 Å². The Kier molecular flexibility index (Phi) is 3.78. The van der Waals surface area contributed by atoms with Gasteiger partial charge in [0.15, 0.2) is 0 Å². The number of rotatable bonds is 3. The lowest BCUT2D eigenvalue weighted by Gasteiger charge is -2.37. The van der Waals surface area contributed by atoms with Gasteiger partial charge in [-0.25, -0.2) is 0 Å². The van der Waals surface area contributed by atoms with E-state index in [1.54, 1.807) is 12.1 Å². The Morgan fingerprint density at radius 3 is 3.00 bits per heavy atom. The molecule has 0 amide bonds. The van der Waals surface area contributed by atoms with Crippen LogP contribution in [0.5, 0.6) is 0 Å². The number of ether oxygens (including phenoxy) is 1. The van der Waals surface area contributed by atoms with Crippen molar-refractivity contribution in [1.82, 2.24) is 0 Å². The fraction of sp³-hybridized carbons (Fsp3) is 0.500. The van der Waals surface area contributed by atoms with Gasteiger partial charge in [-0.2, -0.15) is 0 Å². The molecule has 0 aromatic heterocycles. The van der Waals surface area contributed by atoms with Crippen LogP contribution in [0.3, 0.4) is 0 Å². The molecule has 0 aliphatic carbocycles. The Hall–Kier alpha value is -1.66. The number of non-ortho nitro benzene ring substituents is 1. The maximum absolute atomic E-state index is 10.7. The van der Waals surface area contributed by atoms with Crippen molar-refractivity contribution >= 4 is 11.4 Å². The summed E-state index contributed by atoms with van der Waals surface area (Å²) in [6, 6.07) is 4.70. The molecule has 2 rings (SSSR count). The van der Waals surface area contributed by atoms with Crippen molar-refractivity contribution in [3.63, 3.8) is 0 Å². The van der Waals surface area contributed by atoms with E-state index in [1.807, 2.05) is 11.8 Å². The van der Waals surface area contributed by atoms with Crippen LogP contribution in [0, 0.1) is 17.0 Å². The van der Waals surface area contributed by atoms with Crippen molar-refractivity contribution in [2.75, 3.05) is 31.3 Å². The van der Waals surface area contributed by atoms with Crippen LogP contribution in [0.4, 0.5) is 11.4 Å². The summed E-state index contributed by atoms with van der Waals surface area (Å²) in [4.78, 5) is 12.3. The van der Waals surface area contributed by atoms with E-state index in [1.165, 1.54) is 6.07 Å². The normalized spacial score (nSPS) is 19.9. The second-order valence-corrected chi connectivity index (χ2v) is 4.33. The molecule has 1 aromatic rings. The van der Waals surface area contributed by atoms with E-state index >= 15 is 0 Å². The lowest BCUT2D eigenvalue weighted by molar-refractivity contribution is -0.384. The number of anilines is 1. The van der Waals surface area contributed by atoms with Gasteiger partial charge in [0.05, 0.1) is 30.8 Å². The minimum Gasteiger partial charge on any atom is -0.394 e. The summed E-state index contributed by atoms with van der Waals surface area (Å²) in [5, 5.41) is 20.0. The van der Waals surface area contributed by atoms with Crippen molar-refractivity contribution in [3.8, 4) is 0 Å². The Morgan fingerprint density at radius 2 is 2.39 bits per heavy atom. The number of aryl methyl sites for hydroxylation is 1. The van der Waals surface area contributed by atoms with Gasteiger partial charge >= 0.3 is 0 Å². The predicted molar refractivity (Wildman–Crippen MR) is 66.9 cm³/mol. The highest BCUT2D eigenvalue weighted by molar-refractivity contribution is 5.58. The van der Waals surface area contributed by atoms with Gasteiger partial charge in [0.2, 0.25) is 0 Å². The molecule has 1 unspecified atom stereocenters. The number of nitrogens with zero attached hydrogens (tertiary/aromatic N) is 2. The van der Waals surface area contributed by atoms with E-state index in [9.17, 15) is 15.2 Å². The van der Waals surface area contributed by atoms with Crippen LogP contribution in [0.25, 0.3) is 0 Å². The first-order valence-corrected chi connectivity index (χ1v) is 5.83. The van der Waals surface area contributed by atoms with Crippen LogP contribution in [0.2, 0.25) is 0 Å². The van der Waals surface area contributed by atoms with E-state index < -0.39 is 4.92 Å². The summed E-state index contributed by atoms with van der Waals surface area (Å²) >= 11 is 0. The largest absolute Gasteiger partial charge is 0.394 e. The molecule has 1 atom stereocenters. The number of hydrogen-bond acceptors (Lipinski definition) is 5. The molecular weight excluding hydrogens is 236 g/mol. The summed E-state index contributed by atoms with van der Waals surface area (Å²) < 4.78 is 5.32. The SMILES string of the molecule is Cc1cc([N+](=O)[O-])ccc1N1CCOCC1CO. The standard InChI is InChI=1S/C12H16N2O4/c1-9-6-10(14(16)17)2-3-12(9)13-4-5-18-8-11(13)7-15/h2-3,6,11,15H,4-5,7-8H2,1H3. The van der Waals surface area contributed by atoms with Gasteiger partial charge in [-0.1, -0.05) is 0 Å². The molecule has 98 valence electrons. The summed E-state index contributed by atoms with van der Waals surface area (Å²) in [5.74, 6) is 0. The zero-order valence-electron chi connectivity index (χ0n) is 10.2. The molecule has 0 radical (unpaired) electrons. The minimum atomic E-state index is -0.403. The first-order valence-electron chi connectivity index (χ1n) is 5.83. The van der Waals surface area contributed by atoms with Crippen LogP contribution in [-0.2, 0) is 4.74 Å². The van der Waals surface area contributed by atoms with Crippen LogP contribution >= 0.6 is 0 Å². The third kappa shape index (κ3) is 2.44. The highest BCUT2D eigenvalue weighted by Gasteiger charge is 2.24. The Bertz CT molecular complexity index is 450. The number of aliphatic hydroxyl groups excluding tert-OH is 1. The molecule has 6 heteroatoms.